The van der Waals surface area contributed by atoms with E-state index >= 15 is 0 Å². The zero-order valence-corrected chi connectivity index (χ0v) is 11.4. The molecule has 2 aromatic rings. The summed E-state index contributed by atoms with van der Waals surface area (Å²) in [5.74, 6) is -0.716. The Balaban J connectivity index is 2.45. The lowest BCUT2D eigenvalue weighted by Crippen LogP contribution is -2.09. The molecule has 0 aliphatic rings. The predicted molar refractivity (Wildman–Crippen MR) is 72.8 cm³/mol. The molecule has 0 heterocycles. The summed E-state index contributed by atoms with van der Waals surface area (Å²) in [6, 6.07) is 5.58. The van der Waals surface area contributed by atoms with E-state index in [1.807, 2.05) is 0 Å². The molecule has 0 bridgehead atoms. The van der Waals surface area contributed by atoms with Gasteiger partial charge < -0.3 is 5.32 Å². The Morgan fingerprint density at radius 2 is 1.82 bits per heavy atom. The number of halogens is 5. The second kappa shape index (κ2) is 5.80. The molecule has 2 rings (SSSR count). The van der Waals surface area contributed by atoms with Crippen molar-refractivity contribution in [2.45, 2.75) is 6.18 Å². The van der Waals surface area contributed by atoms with Crippen LogP contribution in [-0.2, 0) is 6.18 Å². The molecular formula is C13H7ClF4N2O2. The molecule has 0 fully saturated rings. The summed E-state index contributed by atoms with van der Waals surface area (Å²) in [6.45, 7) is 0. The molecule has 0 atom stereocenters. The molecule has 0 spiro atoms. The van der Waals surface area contributed by atoms with E-state index in [1.54, 1.807) is 0 Å². The van der Waals surface area contributed by atoms with E-state index in [1.165, 1.54) is 6.07 Å². The molecule has 0 aromatic heterocycles. The van der Waals surface area contributed by atoms with Gasteiger partial charge in [0.25, 0.3) is 5.69 Å². The quantitative estimate of drug-likeness (QED) is 0.480. The van der Waals surface area contributed by atoms with Gasteiger partial charge in [0.1, 0.15) is 5.82 Å². The molecule has 4 nitrogen and oxygen atoms in total. The highest BCUT2D eigenvalue weighted by molar-refractivity contribution is 6.31. The number of nitrogens with one attached hydrogen (secondary N) is 1. The van der Waals surface area contributed by atoms with Crippen LogP contribution >= 0.6 is 11.6 Å². The SMILES string of the molecule is O=[N+]([O-])c1ccc(Nc2ccc(F)c(Cl)c2)c(C(F)(F)F)c1. The molecule has 0 amide bonds. The van der Waals surface area contributed by atoms with E-state index < -0.39 is 33.9 Å². The minimum Gasteiger partial charge on any atom is -0.355 e. The zero-order valence-electron chi connectivity index (χ0n) is 10.6. The van der Waals surface area contributed by atoms with Crippen molar-refractivity contribution in [1.82, 2.24) is 0 Å². The Labute approximate surface area is 126 Å². The fourth-order valence-electron chi connectivity index (χ4n) is 1.72. The molecule has 0 unspecified atom stereocenters. The van der Waals surface area contributed by atoms with Gasteiger partial charge in [0.05, 0.1) is 21.2 Å². The van der Waals surface area contributed by atoms with Crippen molar-refractivity contribution in [3.05, 3.63) is 62.9 Å². The summed E-state index contributed by atoms with van der Waals surface area (Å²) < 4.78 is 52.0. The van der Waals surface area contributed by atoms with E-state index in [9.17, 15) is 27.7 Å². The van der Waals surface area contributed by atoms with Gasteiger partial charge in [-0.3, -0.25) is 10.1 Å². The van der Waals surface area contributed by atoms with Crippen molar-refractivity contribution < 1.29 is 22.5 Å². The Morgan fingerprint density at radius 3 is 2.36 bits per heavy atom. The van der Waals surface area contributed by atoms with Crippen molar-refractivity contribution in [2.75, 3.05) is 5.32 Å². The lowest BCUT2D eigenvalue weighted by atomic mass is 10.1. The van der Waals surface area contributed by atoms with Crippen molar-refractivity contribution in [3.8, 4) is 0 Å². The first kappa shape index (κ1) is 16.0. The highest BCUT2D eigenvalue weighted by atomic mass is 35.5. The standard InChI is InChI=1S/C13H7ClF4N2O2/c14-10-5-7(1-3-11(10)15)19-12-4-2-8(20(21)22)6-9(12)13(16,17)18/h1-6,19H. The number of benzene rings is 2. The Morgan fingerprint density at radius 1 is 1.14 bits per heavy atom. The summed E-state index contributed by atoms with van der Waals surface area (Å²) in [4.78, 5) is 9.67. The number of alkyl halides is 3. The van der Waals surface area contributed by atoms with Gasteiger partial charge in [-0.2, -0.15) is 13.2 Å². The van der Waals surface area contributed by atoms with Gasteiger partial charge in [0.15, 0.2) is 0 Å². The zero-order chi connectivity index (χ0) is 16.5. The fourth-order valence-corrected chi connectivity index (χ4v) is 1.90. The maximum absolute atomic E-state index is 13.0. The first-order valence-electron chi connectivity index (χ1n) is 5.76. The second-order valence-electron chi connectivity index (χ2n) is 4.24. The number of anilines is 2. The molecule has 0 aliphatic heterocycles. The van der Waals surface area contributed by atoms with Gasteiger partial charge in [0.2, 0.25) is 0 Å². The van der Waals surface area contributed by atoms with E-state index in [4.69, 9.17) is 11.6 Å². The summed E-state index contributed by atoms with van der Waals surface area (Å²) in [5.41, 5.74) is -2.18. The van der Waals surface area contributed by atoms with Crippen LogP contribution in [0.1, 0.15) is 5.56 Å². The van der Waals surface area contributed by atoms with E-state index in [0.717, 1.165) is 24.3 Å². The average Bonchev–Trinajstić information content (AvgIpc) is 2.42. The molecule has 0 radical (unpaired) electrons. The van der Waals surface area contributed by atoms with Gasteiger partial charge in [-0.15, -0.1) is 0 Å². The van der Waals surface area contributed by atoms with Crippen LogP contribution in [0, 0.1) is 15.9 Å². The third kappa shape index (κ3) is 3.45. The lowest BCUT2D eigenvalue weighted by molar-refractivity contribution is -0.385. The highest BCUT2D eigenvalue weighted by Crippen LogP contribution is 2.38. The third-order valence-corrected chi connectivity index (χ3v) is 3.01. The number of rotatable bonds is 3. The number of hydrogen-bond acceptors (Lipinski definition) is 3. The van der Waals surface area contributed by atoms with Gasteiger partial charge in [-0.1, -0.05) is 11.6 Å². The van der Waals surface area contributed by atoms with Gasteiger partial charge in [-0.05, 0) is 24.3 Å². The molecular weight excluding hydrogens is 328 g/mol. The Hall–Kier alpha value is -2.35. The first-order chi connectivity index (χ1) is 10.2. The third-order valence-electron chi connectivity index (χ3n) is 2.72. The van der Waals surface area contributed by atoms with Crippen LogP contribution in [-0.4, -0.2) is 4.92 Å². The van der Waals surface area contributed by atoms with Crippen LogP contribution in [0.2, 0.25) is 5.02 Å². The topological polar surface area (TPSA) is 55.2 Å². The maximum Gasteiger partial charge on any atom is 0.418 e. The van der Waals surface area contributed by atoms with E-state index in [0.29, 0.717) is 6.07 Å². The van der Waals surface area contributed by atoms with Crippen LogP contribution < -0.4 is 5.32 Å². The molecule has 9 heteroatoms. The number of non-ortho nitro benzene ring substituents is 1. The summed E-state index contributed by atoms with van der Waals surface area (Å²) in [7, 11) is 0. The van der Waals surface area contributed by atoms with Crippen molar-refractivity contribution in [2.24, 2.45) is 0 Å². The number of nitrogens with zero attached hydrogens (tertiary/aromatic N) is 1. The first-order valence-corrected chi connectivity index (χ1v) is 6.14. The molecule has 2 aromatic carbocycles. The van der Waals surface area contributed by atoms with Gasteiger partial charge in [0, 0.05) is 17.8 Å². The average molecular weight is 335 g/mol. The number of nitro groups is 1. The molecule has 0 aliphatic carbocycles. The van der Waals surface area contributed by atoms with Crippen molar-refractivity contribution in [3.63, 3.8) is 0 Å². The molecule has 22 heavy (non-hydrogen) atoms. The Kier molecular flexibility index (Phi) is 4.23. The van der Waals surface area contributed by atoms with Crippen LogP contribution in [0.25, 0.3) is 0 Å². The Bertz CT molecular complexity index is 734. The second-order valence-corrected chi connectivity index (χ2v) is 4.65. The lowest BCUT2D eigenvalue weighted by Gasteiger charge is -2.14. The van der Waals surface area contributed by atoms with Crippen molar-refractivity contribution in [1.29, 1.82) is 0 Å². The van der Waals surface area contributed by atoms with Gasteiger partial charge in [-0.25, -0.2) is 4.39 Å². The van der Waals surface area contributed by atoms with Crippen molar-refractivity contribution >= 4 is 28.7 Å². The predicted octanol–water partition coefficient (Wildman–Crippen LogP) is 5.15. The number of nitro benzene ring substituents is 1. The minimum atomic E-state index is -4.79. The summed E-state index contributed by atoms with van der Waals surface area (Å²) in [5, 5.41) is 12.7. The van der Waals surface area contributed by atoms with Gasteiger partial charge >= 0.3 is 6.18 Å². The fraction of sp³-hybridized carbons (Fsp3) is 0.0769. The summed E-state index contributed by atoms with van der Waals surface area (Å²) >= 11 is 5.55. The maximum atomic E-state index is 13.0. The minimum absolute atomic E-state index is 0.116. The van der Waals surface area contributed by atoms with Crippen LogP contribution in [0.3, 0.4) is 0 Å². The van der Waals surface area contributed by atoms with Crippen LogP contribution in [0.5, 0.6) is 0 Å². The van der Waals surface area contributed by atoms with E-state index in [-0.39, 0.29) is 10.7 Å². The molecule has 116 valence electrons. The highest BCUT2D eigenvalue weighted by Gasteiger charge is 2.35. The monoisotopic (exact) mass is 334 g/mol. The molecule has 0 saturated heterocycles. The van der Waals surface area contributed by atoms with Crippen LogP contribution in [0.4, 0.5) is 34.6 Å². The van der Waals surface area contributed by atoms with E-state index in [2.05, 4.69) is 5.32 Å². The molecule has 0 saturated carbocycles. The molecule has 1 N–H and O–H groups in total. The van der Waals surface area contributed by atoms with Crippen LogP contribution in [0.15, 0.2) is 36.4 Å². The number of hydrogen-bond donors (Lipinski definition) is 1. The largest absolute Gasteiger partial charge is 0.418 e. The smallest absolute Gasteiger partial charge is 0.355 e. The summed E-state index contributed by atoms with van der Waals surface area (Å²) in [6.07, 6.45) is -4.79. The normalized spacial score (nSPS) is 11.3.